The summed E-state index contributed by atoms with van der Waals surface area (Å²) in [7, 11) is 0. The van der Waals surface area contributed by atoms with Crippen molar-refractivity contribution in [3.8, 4) is 11.3 Å². The molecule has 2 aromatic heterocycles. The van der Waals surface area contributed by atoms with E-state index in [1.165, 1.54) is 30.0 Å². The number of pyridine rings is 1. The van der Waals surface area contributed by atoms with Gasteiger partial charge in [-0.2, -0.15) is 0 Å². The first kappa shape index (κ1) is 37.5. The highest BCUT2D eigenvalue weighted by atomic mass is 35.5. The highest BCUT2D eigenvalue weighted by Gasteiger charge is 2.29. The van der Waals surface area contributed by atoms with E-state index >= 15 is 0 Å². The van der Waals surface area contributed by atoms with Gasteiger partial charge in [0.15, 0.2) is 0 Å². The Hall–Kier alpha value is -2.99. The number of rotatable bonds is 14. The lowest BCUT2D eigenvalue weighted by Crippen LogP contribution is -2.50. The third-order valence-electron chi connectivity index (χ3n) is 6.81. The predicted octanol–water partition coefficient (Wildman–Crippen LogP) is 8.50. The van der Waals surface area contributed by atoms with Gasteiger partial charge < -0.3 is 25.0 Å². The average Bonchev–Trinajstić information content (AvgIpc) is 2.96. The van der Waals surface area contributed by atoms with Crippen LogP contribution in [0, 0.1) is 5.82 Å². The highest BCUT2D eigenvalue weighted by molar-refractivity contribution is 7.99. The lowest BCUT2D eigenvalue weighted by atomic mass is 10.1. The van der Waals surface area contributed by atoms with Crippen LogP contribution in [0.3, 0.4) is 0 Å². The van der Waals surface area contributed by atoms with Gasteiger partial charge in [0.05, 0.1) is 29.3 Å². The van der Waals surface area contributed by atoms with Crippen LogP contribution >= 0.6 is 23.4 Å². The van der Waals surface area contributed by atoms with Gasteiger partial charge >= 0.3 is 6.09 Å². The Morgan fingerprint density at radius 3 is 2.46 bits per heavy atom. The zero-order valence-electron chi connectivity index (χ0n) is 28.4. The maximum atomic E-state index is 14.7. The molecular weight excluding hydrogens is 627 g/mol. The second kappa shape index (κ2) is 16.7. The maximum Gasteiger partial charge on any atom is 0.410 e. The van der Waals surface area contributed by atoms with Crippen LogP contribution in [-0.4, -0.2) is 68.4 Å². The normalized spacial score (nSPS) is 13.3. The Bertz CT molecular complexity index is 1450. The van der Waals surface area contributed by atoms with Crippen LogP contribution < -0.4 is 10.6 Å². The van der Waals surface area contributed by atoms with Gasteiger partial charge in [0.1, 0.15) is 16.4 Å². The van der Waals surface area contributed by atoms with E-state index < -0.39 is 11.4 Å². The van der Waals surface area contributed by atoms with E-state index in [-0.39, 0.29) is 29.3 Å². The summed E-state index contributed by atoms with van der Waals surface area (Å²) < 4.78 is 26.3. The number of carbonyl (C=O) groups is 1. The van der Waals surface area contributed by atoms with Crippen molar-refractivity contribution in [1.82, 2.24) is 25.4 Å². The van der Waals surface area contributed by atoms with Gasteiger partial charge in [-0.3, -0.25) is 4.98 Å². The fraction of sp³-hybridized carbons (Fsp3) is 0.529. The van der Waals surface area contributed by atoms with Crippen molar-refractivity contribution < 1.29 is 18.7 Å². The summed E-state index contributed by atoms with van der Waals surface area (Å²) in [5.74, 6) is 0.222. The minimum atomic E-state index is -0.570. The average molecular weight is 675 g/mol. The van der Waals surface area contributed by atoms with Gasteiger partial charge in [0.25, 0.3) is 0 Å². The van der Waals surface area contributed by atoms with Crippen LogP contribution in [0.4, 0.5) is 20.6 Å². The van der Waals surface area contributed by atoms with Gasteiger partial charge in [-0.15, -0.1) is 22.0 Å². The molecule has 0 saturated heterocycles. The van der Waals surface area contributed by atoms with Crippen molar-refractivity contribution in [1.29, 1.82) is 0 Å². The summed E-state index contributed by atoms with van der Waals surface area (Å²) in [6, 6.07) is 9.86. The number of thioether (sulfide) groups is 1. The third kappa shape index (κ3) is 12.0. The van der Waals surface area contributed by atoms with Crippen molar-refractivity contribution in [2.45, 2.75) is 104 Å². The smallest absolute Gasteiger partial charge is 0.410 e. The lowest BCUT2D eigenvalue weighted by Gasteiger charge is -2.35. The molecule has 3 rings (SSSR count). The van der Waals surface area contributed by atoms with Gasteiger partial charge in [-0.1, -0.05) is 18.5 Å². The van der Waals surface area contributed by atoms with E-state index in [0.29, 0.717) is 46.9 Å². The number of nitrogens with zero attached hydrogens (tertiary/aromatic N) is 4. The third-order valence-corrected chi connectivity index (χ3v) is 7.99. The number of aromatic nitrogens is 3. The summed E-state index contributed by atoms with van der Waals surface area (Å²) in [5.41, 5.74) is 2.07. The molecule has 12 heteroatoms. The van der Waals surface area contributed by atoms with Crippen LogP contribution in [-0.2, 0) is 16.0 Å². The first-order chi connectivity index (χ1) is 21.6. The molecule has 1 amide bonds. The molecule has 2 unspecified atom stereocenters. The fourth-order valence-corrected chi connectivity index (χ4v) is 5.41. The Labute approximate surface area is 282 Å². The van der Waals surface area contributed by atoms with Crippen molar-refractivity contribution in [2.24, 2.45) is 0 Å². The number of amides is 1. The molecule has 0 aliphatic heterocycles. The number of benzene rings is 1. The fourth-order valence-electron chi connectivity index (χ4n) is 4.51. The molecule has 0 aliphatic rings. The largest absolute Gasteiger partial charge is 0.444 e. The molecule has 0 saturated carbocycles. The molecule has 2 atom stereocenters. The number of carbonyl (C=O) groups excluding carboxylic acids is 1. The molecule has 0 fully saturated rings. The minimum absolute atomic E-state index is 0.0312. The van der Waals surface area contributed by atoms with Gasteiger partial charge in [0.2, 0.25) is 0 Å². The first-order valence-electron chi connectivity index (χ1n) is 15.6. The first-order valence-corrected chi connectivity index (χ1v) is 17.0. The quantitative estimate of drug-likeness (QED) is 0.129. The van der Waals surface area contributed by atoms with Crippen LogP contribution in [0.1, 0.15) is 74.4 Å². The number of nitrogens with one attached hydrogen (secondary N) is 2. The second-order valence-electron chi connectivity index (χ2n) is 13.2. The van der Waals surface area contributed by atoms with Crippen LogP contribution in [0.2, 0.25) is 5.02 Å². The van der Waals surface area contributed by atoms with Crippen molar-refractivity contribution in [2.75, 3.05) is 24.2 Å². The van der Waals surface area contributed by atoms with Crippen molar-refractivity contribution in [3.63, 3.8) is 0 Å². The standard InChI is InChI=1S/C34H48ClFN6O3S/c1-10-22(2)42(32(43)45-34(7,8)9)23(3)20-37-21-26-18-25(13-14-38-26)39-30-19-29(27-17-24(35)11-12-28(27)36)40-41-31(30)46-16-15-44-33(4,5)6/h11-14,17-19,22-23,37H,10,15-16,20-21H2,1-9H3,(H,38,39,40). The van der Waals surface area contributed by atoms with E-state index in [9.17, 15) is 9.18 Å². The predicted molar refractivity (Wildman–Crippen MR) is 185 cm³/mol. The number of hydrogen-bond donors (Lipinski definition) is 2. The van der Waals surface area contributed by atoms with Gasteiger partial charge in [-0.05, 0) is 98.2 Å². The van der Waals surface area contributed by atoms with E-state index in [2.05, 4.69) is 32.7 Å². The summed E-state index contributed by atoms with van der Waals surface area (Å²) in [4.78, 5) is 19.3. The Kier molecular flexibility index (Phi) is 13.6. The summed E-state index contributed by atoms with van der Waals surface area (Å²) in [6.45, 7) is 19.3. The summed E-state index contributed by atoms with van der Waals surface area (Å²) in [5, 5.41) is 16.7. The zero-order chi connectivity index (χ0) is 34.1. The topological polar surface area (TPSA) is 102 Å². The molecule has 0 spiro atoms. The number of ether oxygens (including phenoxy) is 2. The van der Waals surface area contributed by atoms with E-state index in [4.69, 9.17) is 21.1 Å². The van der Waals surface area contributed by atoms with Gasteiger partial charge in [0, 0.05) is 53.4 Å². The van der Waals surface area contributed by atoms with Crippen LogP contribution in [0.15, 0.2) is 47.6 Å². The van der Waals surface area contributed by atoms with E-state index in [1.54, 1.807) is 17.2 Å². The van der Waals surface area contributed by atoms with E-state index in [0.717, 1.165) is 17.8 Å². The molecule has 46 heavy (non-hydrogen) atoms. The number of hydrogen-bond acceptors (Lipinski definition) is 9. The maximum absolute atomic E-state index is 14.7. The zero-order valence-corrected chi connectivity index (χ0v) is 30.0. The molecule has 0 radical (unpaired) electrons. The van der Waals surface area contributed by atoms with Gasteiger partial charge in [-0.25, -0.2) is 9.18 Å². The number of halogens is 2. The SMILES string of the molecule is CCC(C)N(C(=O)OC(C)(C)C)C(C)CNCc1cc(Nc2cc(-c3cc(Cl)ccc3F)nnc2SCCOC(C)(C)C)ccn1. The molecule has 0 aliphatic carbocycles. The molecule has 0 bridgehead atoms. The molecule has 2 heterocycles. The molecular formula is C34H48ClFN6O3S. The Morgan fingerprint density at radius 2 is 1.78 bits per heavy atom. The van der Waals surface area contributed by atoms with Crippen LogP contribution in [0.25, 0.3) is 11.3 Å². The highest BCUT2D eigenvalue weighted by Crippen LogP contribution is 2.32. The Balaban J connectivity index is 1.76. The molecule has 252 valence electrons. The molecule has 1 aromatic carbocycles. The Morgan fingerprint density at radius 1 is 1.04 bits per heavy atom. The molecule has 9 nitrogen and oxygen atoms in total. The molecule has 2 N–H and O–H groups in total. The van der Waals surface area contributed by atoms with Crippen molar-refractivity contribution in [3.05, 3.63) is 59.1 Å². The second-order valence-corrected chi connectivity index (χ2v) is 14.7. The van der Waals surface area contributed by atoms with Crippen LogP contribution in [0.5, 0.6) is 0 Å². The number of anilines is 2. The van der Waals surface area contributed by atoms with E-state index in [1.807, 2.05) is 67.5 Å². The molecule has 3 aromatic rings. The summed E-state index contributed by atoms with van der Waals surface area (Å²) >= 11 is 7.66. The summed E-state index contributed by atoms with van der Waals surface area (Å²) in [6.07, 6.45) is 2.23. The monoisotopic (exact) mass is 674 g/mol. The lowest BCUT2D eigenvalue weighted by molar-refractivity contribution is 0.00664. The minimum Gasteiger partial charge on any atom is -0.444 e. The van der Waals surface area contributed by atoms with Crippen molar-refractivity contribution >= 4 is 40.8 Å².